The third kappa shape index (κ3) is 3.43. The number of nitro groups is 1. The van der Waals surface area contributed by atoms with Gasteiger partial charge in [0.15, 0.2) is 0 Å². The zero-order chi connectivity index (χ0) is 14.7. The standard InChI is InChI=1S/C12H14ClN3O4/c13-11-5-9(10(6-14-11)16(19)20)12(18)15-7-1-3-8(17)4-2-7/h5-8,17H,1-4H2,(H,15,18). The van der Waals surface area contributed by atoms with Crippen LogP contribution in [-0.4, -0.2) is 33.1 Å². The second-order valence-electron chi connectivity index (χ2n) is 4.76. The van der Waals surface area contributed by atoms with Crippen LogP contribution in [0.3, 0.4) is 0 Å². The fourth-order valence-electron chi connectivity index (χ4n) is 2.23. The number of carbonyl (C=O) groups is 1. The quantitative estimate of drug-likeness (QED) is 0.502. The molecule has 7 nitrogen and oxygen atoms in total. The van der Waals surface area contributed by atoms with E-state index in [0.717, 1.165) is 6.20 Å². The summed E-state index contributed by atoms with van der Waals surface area (Å²) in [6.45, 7) is 0. The second kappa shape index (κ2) is 6.15. The summed E-state index contributed by atoms with van der Waals surface area (Å²) in [4.78, 5) is 25.9. The lowest BCUT2D eigenvalue weighted by molar-refractivity contribution is -0.385. The number of aliphatic hydroxyl groups excluding tert-OH is 1. The highest BCUT2D eigenvalue weighted by molar-refractivity contribution is 6.29. The number of aliphatic hydroxyl groups is 1. The second-order valence-corrected chi connectivity index (χ2v) is 5.15. The first-order chi connectivity index (χ1) is 9.47. The van der Waals surface area contributed by atoms with E-state index in [9.17, 15) is 20.0 Å². The molecule has 1 saturated carbocycles. The van der Waals surface area contributed by atoms with Gasteiger partial charge in [-0.05, 0) is 31.7 Å². The summed E-state index contributed by atoms with van der Waals surface area (Å²) in [5.74, 6) is -0.539. The van der Waals surface area contributed by atoms with Gasteiger partial charge in [-0.2, -0.15) is 0 Å². The molecule has 1 heterocycles. The van der Waals surface area contributed by atoms with Gasteiger partial charge in [-0.1, -0.05) is 11.6 Å². The molecule has 0 radical (unpaired) electrons. The van der Waals surface area contributed by atoms with Crippen molar-refractivity contribution in [3.63, 3.8) is 0 Å². The molecule has 1 aromatic rings. The fraction of sp³-hybridized carbons (Fsp3) is 0.500. The first-order valence-corrected chi connectivity index (χ1v) is 6.64. The van der Waals surface area contributed by atoms with Crippen LogP contribution in [0.25, 0.3) is 0 Å². The Morgan fingerprint density at radius 2 is 2.10 bits per heavy atom. The van der Waals surface area contributed by atoms with E-state index in [1.165, 1.54) is 6.07 Å². The molecular weight excluding hydrogens is 286 g/mol. The van der Waals surface area contributed by atoms with Gasteiger partial charge in [-0.25, -0.2) is 4.98 Å². The minimum atomic E-state index is -0.664. The first-order valence-electron chi connectivity index (χ1n) is 6.26. The number of nitrogens with zero attached hydrogens (tertiary/aromatic N) is 2. The van der Waals surface area contributed by atoms with Crippen LogP contribution < -0.4 is 5.32 Å². The van der Waals surface area contributed by atoms with Crippen LogP contribution >= 0.6 is 11.6 Å². The lowest BCUT2D eigenvalue weighted by Gasteiger charge is -2.26. The number of hydrogen-bond donors (Lipinski definition) is 2. The minimum absolute atomic E-state index is 0.0276. The number of aromatic nitrogens is 1. The van der Waals surface area contributed by atoms with E-state index in [0.29, 0.717) is 25.7 Å². The summed E-state index contributed by atoms with van der Waals surface area (Å²) < 4.78 is 0. The Hall–Kier alpha value is -1.73. The molecule has 2 N–H and O–H groups in total. The Morgan fingerprint density at radius 1 is 1.45 bits per heavy atom. The van der Waals surface area contributed by atoms with Gasteiger partial charge in [0, 0.05) is 6.04 Å². The van der Waals surface area contributed by atoms with Gasteiger partial charge in [0.2, 0.25) is 0 Å². The minimum Gasteiger partial charge on any atom is -0.393 e. The molecule has 1 aliphatic rings. The van der Waals surface area contributed by atoms with Crippen LogP contribution in [0.2, 0.25) is 5.15 Å². The van der Waals surface area contributed by atoms with Crippen molar-refractivity contribution >= 4 is 23.2 Å². The predicted molar refractivity (Wildman–Crippen MR) is 71.6 cm³/mol. The number of amides is 1. The molecule has 8 heteroatoms. The van der Waals surface area contributed by atoms with Gasteiger partial charge in [0.25, 0.3) is 11.6 Å². The molecule has 0 spiro atoms. The fourth-order valence-corrected chi connectivity index (χ4v) is 2.39. The topological polar surface area (TPSA) is 105 Å². The number of pyridine rings is 1. The molecule has 0 aromatic carbocycles. The van der Waals surface area contributed by atoms with Crippen molar-refractivity contribution in [3.8, 4) is 0 Å². The van der Waals surface area contributed by atoms with Crippen molar-refractivity contribution in [1.29, 1.82) is 0 Å². The predicted octanol–water partition coefficient (Wildman–Crippen LogP) is 1.68. The molecule has 1 aromatic heterocycles. The highest BCUT2D eigenvalue weighted by Gasteiger charge is 2.25. The lowest BCUT2D eigenvalue weighted by Crippen LogP contribution is -2.38. The maximum Gasteiger partial charge on any atom is 0.300 e. The molecule has 1 amide bonds. The Morgan fingerprint density at radius 3 is 2.70 bits per heavy atom. The Balaban J connectivity index is 2.12. The van der Waals surface area contributed by atoms with Crippen molar-refractivity contribution < 1.29 is 14.8 Å². The van der Waals surface area contributed by atoms with Crippen LogP contribution in [0.5, 0.6) is 0 Å². The number of rotatable bonds is 3. The van der Waals surface area contributed by atoms with Gasteiger partial charge >= 0.3 is 0 Å². The van der Waals surface area contributed by atoms with E-state index in [4.69, 9.17) is 11.6 Å². The van der Waals surface area contributed by atoms with E-state index in [1.54, 1.807) is 0 Å². The van der Waals surface area contributed by atoms with Crippen LogP contribution in [0.4, 0.5) is 5.69 Å². The summed E-state index contributed by atoms with van der Waals surface area (Å²) in [5.41, 5.74) is -0.469. The molecule has 1 aliphatic carbocycles. The van der Waals surface area contributed by atoms with Crippen molar-refractivity contribution in [2.45, 2.75) is 37.8 Å². The molecule has 108 valence electrons. The van der Waals surface area contributed by atoms with E-state index in [1.807, 2.05) is 0 Å². The molecular formula is C12H14ClN3O4. The van der Waals surface area contributed by atoms with Crippen LogP contribution in [0, 0.1) is 10.1 Å². The summed E-state index contributed by atoms with van der Waals surface area (Å²) in [6.07, 6.45) is 3.18. The zero-order valence-electron chi connectivity index (χ0n) is 10.6. The average molecular weight is 300 g/mol. The van der Waals surface area contributed by atoms with Gasteiger partial charge in [0.1, 0.15) is 16.9 Å². The smallest absolute Gasteiger partial charge is 0.300 e. The van der Waals surface area contributed by atoms with Crippen molar-refractivity contribution in [2.24, 2.45) is 0 Å². The number of hydrogen-bond acceptors (Lipinski definition) is 5. The summed E-state index contributed by atoms with van der Waals surface area (Å²) in [7, 11) is 0. The molecule has 0 aliphatic heterocycles. The molecule has 0 saturated heterocycles. The molecule has 0 unspecified atom stereocenters. The number of carbonyl (C=O) groups excluding carboxylic acids is 1. The van der Waals surface area contributed by atoms with Crippen molar-refractivity contribution in [1.82, 2.24) is 10.3 Å². The maximum absolute atomic E-state index is 12.1. The lowest BCUT2D eigenvalue weighted by atomic mass is 9.93. The van der Waals surface area contributed by atoms with E-state index in [2.05, 4.69) is 10.3 Å². The molecule has 1 fully saturated rings. The largest absolute Gasteiger partial charge is 0.393 e. The Labute approximate surface area is 120 Å². The van der Waals surface area contributed by atoms with E-state index < -0.39 is 10.8 Å². The van der Waals surface area contributed by atoms with E-state index in [-0.39, 0.29) is 28.5 Å². The Bertz CT molecular complexity index is 529. The van der Waals surface area contributed by atoms with Crippen LogP contribution in [0.1, 0.15) is 36.0 Å². The zero-order valence-corrected chi connectivity index (χ0v) is 11.3. The van der Waals surface area contributed by atoms with Gasteiger partial charge < -0.3 is 10.4 Å². The summed E-state index contributed by atoms with van der Waals surface area (Å²) in [5, 5.41) is 23.1. The number of nitrogens with one attached hydrogen (secondary N) is 1. The maximum atomic E-state index is 12.1. The van der Waals surface area contributed by atoms with Crippen molar-refractivity contribution in [2.75, 3.05) is 0 Å². The highest BCUT2D eigenvalue weighted by atomic mass is 35.5. The Kier molecular flexibility index (Phi) is 4.51. The third-order valence-corrected chi connectivity index (χ3v) is 3.53. The monoisotopic (exact) mass is 299 g/mol. The highest BCUT2D eigenvalue weighted by Crippen LogP contribution is 2.22. The van der Waals surface area contributed by atoms with Crippen LogP contribution in [-0.2, 0) is 0 Å². The van der Waals surface area contributed by atoms with Gasteiger partial charge in [-0.15, -0.1) is 0 Å². The SMILES string of the molecule is O=C(NC1CCC(O)CC1)c1cc(Cl)ncc1[N+](=O)[O-]. The van der Waals surface area contributed by atoms with Gasteiger partial charge in [0.05, 0.1) is 11.0 Å². The van der Waals surface area contributed by atoms with E-state index >= 15 is 0 Å². The molecule has 0 atom stereocenters. The summed E-state index contributed by atoms with van der Waals surface area (Å²) in [6, 6.07) is 1.10. The number of halogens is 1. The normalized spacial score (nSPS) is 22.3. The summed E-state index contributed by atoms with van der Waals surface area (Å²) >= 11 is 5.68. The van der Waals surface area contributed by atoms with Crippen molar-refractivity contribution in [3.05, 3.63) is 33.1 Å². The van der Waals surface area contributed by atoms with Crippen LogP contribution in [0.15, 0.2) is 12.3 Å². The first kappa shape index (κ1) is 14.7. The van der Waals surface area contributed by atoms with Gasteiger partial charge in [-0.3, -0.25) is 14.9 Å². The average Bonchev–Trinajstić information content (AvgIpc) is 2.41. The molecule has 0 bridgehead atoms. The molecule has 2 rings (SSSR count). The third-order valence-electron chi connectivity index (χ3n) is 3.32. The molecule has 20 heavy (non-hydrogen) atoms.